The monoisotopic (exact) mass is 374 g/mol. The summed E-state index contributed by atoms with van der Waals surface area (Å²) in [7, 11) is 3.79. The lowest BCUT2D eigenvalue weighted by Crippen LogP contribution is -2.17. The summed E-state index contributed by atoms with van der Waals surface area (Å²) >= 11 is 0. The third kappa shape index (κ3) is 4.65. The third-order valence-corrected chi connectivity index (χ3v) is 4.65. The van der Waals surface area contributed by atoms with Crippen molar-refractivity contribution in [1.29, 1.82) is 0 Å². The van der Waals surface area contributed by atoms with Crippen LogP contribution in [0.4, 0.5) is 15.8 Å². The number of allylic oxidation sites excluding steroid dienone is 1. The Kier molecular flexibility index (Phi) is 6.22. The fraction of sp³-hybridized carbons (Fsp3) is 0.125. The Morgan fingerprint density at radius 1 is 1.00 bits per heavy atom. The number of carbonyl (C=O) groups excluding carboxylic acids is 1. The summed E-state index contributed by atoms with van der Waals surface area (Å²) in [5, 5.41) is 3.08. The van der Waals surface area contributed by atoms with Gasteiger partial charge in [-0.25, -0.2) is 4.39 Å². The molecule has 0 aromatic heterocycles. The zero-order valence-electron chi connectivity index (χ0n) is 16.0. The van der Waals surface area contributed by atoms with Crippen LogP contribution in [0.2, 0.25) is 0 Å². The van der Waals surface area contributed by atoms with E-state index in [-0.39, 0.29) is 5.82 Å². The average Bonchev–Trinajstić information content (AvgIpc) is 2.74. The van der Waals surface area contributed by atoms with Crippen LogP contribution >= 0.6 is 0 Å². The van der Waals surface area contributed by atoms with Crippen molar-refractivity contribution in [2.45, 2.75) is 6.54 Å². The molecule has 0 saturated carbocycles. The Bertz CT molecular complexity index is 980. The van der Waals surface area contributed by atoms with E-state index in [9.17, 15) is 9.18 Å². The number of halogens is 1. The van der Waals surface area contributed by atoms with E-state index in [4.69, 9.17) is 0 Å². The van der Waals surface area contributed by atoms with Gasteiger partial charge in [0.25, 0.3) is 0 Å². The Morgan fingerprint density at radius 2 is 1.75 bits per heavy atom. The van der Waals surface area contributed by atoms with Crippen LogP contribution in [-0.4, -0.2) is 20.4 Å². The van der Waals surface area contributed by atoms with Gasteiger partial charge in [-0.3, -0.25) is 4.79 Å². The maximum atomic E-state index is 14.7. The molecular weight excluding hydrogens is 351 g/mol. The normalized spacial score (nSPS) is 10.8. The van der Waals surface area contributed by atoms with Crippen molar-refractivity contribution in [3.8, 4) is 11.1 Å². The predicted molar refractivity (Wildman–Crippen MR) is 115 cm³/mol. The molecule has 28 heavy (non-hydrogen) atoms. The minimum absolute atomic E-state index is 0.223. The summed E-state index contributed by atoms with van der Waals surface area (Å²) in [4.78, 5) is 12.5. The van der Waals surface area contributed by atoms with Crippen LogP contribution in [0, 0.1) is 5.82 Å². The highest BCUT2D eigenvalue weighted by molar-refractivity contribution is 5.74. The number of hydrogen-bond donors (Lipinski definition) is 1. The lowest BCUT2D eigenvalue weighted by molar-refractivity contribution is -0.104. The van der Waals surface area contributed by atoms with Crippen LogP contribution in [0.25, 0.3) is 17.2 Å². The number of rotatable bonds is 7. The van der Waals surface area contributed by atoms with Crippen LogP contribution in [-0.2, 0) is 11.3 Å². The molecule has 0 atom stereocenters. The molecule has 0 aliphatic carbocycles. The van der Waals surface area contributed by atoms with Gasteiger partial charge in [0.2, 0.25) is 0 Å². The fourth-order valence-electron chi connectivity index (χ4n) is 3.05. The van der Waals surface area contributed by atoms with E-state index >= 15 is 0 Å². The molecule has 0 aliphatic rings. The van der Waals surface area contributed by atoms with Crippen molar-refractivity contribution in [1.82, 2.24) is 0 Å². The summed E-state index contributed by atoms with van der Waals surface area (Å²) in [5.41, 5.74) is 5.37. The second-order valence-electron chi connectivity index (χ2n) is 6.58. The van der Waals surface area contributed by atoms with Crippen molar-refractivity contribution in [2.75, 3.05) is 24.3 Å². The summed E-state index contributed by atoms with van der Waals surface area (Å²) < 4.78 is 14.7. The third-order valence-electron chi connectivity index (χ3n) is 4.65. The maximum absolute atomic E-state index is 14.7. The molecule has 0 radical (unpaired) electrons. The molecule has 0 bridgehead atoms. The molecule has 0 saturated heterocycles. The fourth-order valence-corrected chi connectivity index (χ4v) is 3.05. The van der Waals surface area contributed by atoms with Gasteiger partial charge < -0.3 is 10.2 Å². The Hall–Kier alpha value is -3.40. The van der Waals surface area contributed by atoms with Crippen LogP contribution in [0.15, 0.2) is 72.8 Å². The van der Waals surface area contributed by atoms with E-state index in [2.05, 4.69) is 5.32 Å². The van der Waals surface area contributed by atoms with Gasteiger partial charge in [-0.2, -0.15) is 0 Å². The van der Waals surface area contributed by atoms with Gasteiger partial charge in [0.15, 0.2) is 0 Å². The van der Waals surface area contributed by atoms with Gasteiger partial charge >= 0.3 is 0 Å². The van der Waals surface area contributed by atoms with E-state index in [1.807, 2.05) is 79.7 Å². The van der Waals surface area contributed by atoms with Crippen molar-refractivity contribution in [3.05, 3.63) is 89.8 Å². The topological polar surface area (TPSA) is 32.3 Å². The predicted octanol–water partition coefficient (Wildman–Crippen LogP) is 5.38. The number of nitrogens with one attached hydrogen (secondary N) is 1. The average molecular weight is 374 g/mol. The lowest BCUT2D eigenvalue weighted by Gasteiger charge is -2.20. The van der Waals surface area contributed by atoms with Crippen molar-refractivity contribution < 1.29 is 9.18 Å². The van der Waals surface area contributed by atoms with Gasteiger partial charge in [0.05, 0.1) is 0 Å². The molecule has 3 rings (SSSR count). The Morgan fingerprint density at radius 3 is 2.43 bits per heavy atom. The Balaban J connectivity index is 1.77. The molecule has 0 aliphatic heterocycles. The molecule has 0 fully saturated rings. The largest absolute Gasteiger partial charge is 0.388 e. The number of aldehydes is 1. The number of carbonyl (C=O) groups is 1. The first-order chi connectivity index (χ1) is 13.6. The summed E-state index contributed by atoms with van der Waals surface area (Å²) in [6, 6.07) is 21.0. The molecule has 3 aromatic carbocycles. The first-order valence-corrected chi connectivity index (χ1v) is 9.10. The van der Waals surface area contributed by atoms with E-state index in [1.54, 1.807) is 12.1 Å². The lowest BCUT2D eigenvalue weighted by atomic mass is 10.0. The second-order valence-corrected chi connectivity index (χ2v) is 6.58. The van der Waals surface area contributed by atoms with Gasteiger partial charge in [0, 0.05) is 37.6 Å². The van der Waals surface area contributed by atoms with Crippen LogP contribution < -0.4 is 10.2 Å². The molecule has 4 heteroatoms. The molecule has 0 heterocycles. The number of benzene rings is 3. The number of anilines is 2. The molecule has 142 valence electrons. The molecule has 1 N–H and O–H groups in total. The summed E-state index contributed by atoms with van der Waals surface area (Å²) in [5.74, 6) is -0.223. The highest BCUT2D eigenvalue weighted by Gasteiger charge is 2.09. The minimum Gasteiger partial charge on any atom is -0.388 e. The van der Waals surface area contributed by atoms with Gasteiger partial charge in [-0.15, -0.1) is 0 Å². The van der Waals surface area contributed by atoms with Gasteiger partial charge in [0.1, 0.15) is 12.1 Å². The van der Waals surface area contributed by atoms with Crippen LogP contribution in [0.1, 0.15) is 11.1 Å². The SMILES string of the molecule is CNc1ccc(-c2ccc(CN(C)c3cccc(/C=C/C=O)c3)c(F)c2)cc1. The highest BCUT2D eigenvalue weighted by Crippen LogP contribution is 2.25. The van der Waals surface area contributed by atoms with Crippen molar-refractivity contribution >= 4 is 23.7 Å². The standard InChI is InChI=1S/C24H23FN2O/c1-26-22-12-10-19(11-13-22)20-8-9-21(24(25)16-20)17-27(2)23-7-3-5-18(15-23)6-4-14-28/h3-16,26H,17H2,1-2H3/b6-4+. The summed E-state index contributed by atoms with van der Waals surface area (Å²) in [6.45, 7) is 0.450. The number of nitrogens with zero attached hydrogens (tertiary/aromatic N) is 1. The van der Waals surface area contributed by atoms with E-state index in [0.717, 1.165) is 34.4 Å². The molecule has 3 nitrogen and oxygen atoms in total. The highest BCUT2D eigenvalue weighted by atomic mass is 19.1. The van der Waals surface area contributed by atoms with Gasteiger partial charge in [-0.05, 0) is 53.1 Å². The molecule has 0 amide bonds. The smallest absolute Gasteiger partial charge is 0.142 e. The second kappa shape index (κ2) is 9.00. The quantitative estimate of drug-likeness (QED) is 0.445. The molecular formula is C24H23FN2O. The molecule has 0 unspecified atom stereocenters. The van der Waals surface area contributed by atoms with Crippen LogP contribution in [0.3, 0.4) is 0 Å². The van der Waals surface area contributed by atoms with E-state index in [1.165, 1.54) is 6.08 Å². The maximum Gasteiger partial charge on any atom is 0.142 e. The zero-order valence-corrected chi connectivity index (χ0v) is 16.0. The molecule has 0 spiro atoms. The minimum atomic E-state index is -0.223. The molecule has 3 aromatic rings. The van der Waals surface area contributed by atoms with Crippen molar-refractivity contribution in [2.24, 2.45) is 0 Å². The van der Waals surface area contributed by atoms with Gasteiger partial charge in [-0.1, -0.05) is 42.5 Å². The van der Waals surface area contributed by atoms with Crippen molar-refractivity contribution in [3.63, 3.8) is 0 Å². The zero-order chi connectivity index (χ0) is 19.9. The number of hydrogen-bond acceptors (Lipinski definition) is 3. The van der Waals surface area contributed by atoms with E-state index < -0.39 is 0 Å². The Labute approximate surface area is 165 Å². The van der Waals surface area contributed by atoms with E-state index in [0.29, 0.717) is 12.1 Å². The van der Waals surface area contributed by atoms with Crippen LogP contribution in [0.5, 0.6) is 0 Å². The first-order valence-electron chi connectivity index (χ1n) is 9.10. The first kappa shape index (κ1) is 19.4. The summed E-state index contributed by atoms with van der Waals surface area (Å²) in [6.07, 6.45) is 3.96.